The summed E-state index contributed by atoms with van der Waals surface area (Å²) in [7, 11) is 3.36. The summed E-state index contributed by atoms with van der Waals surface area (Å²) >= 11 is 1.27. The van der Waals surface area contributed by atoms with E-state index in [1.165, 1.54) is 23.6 Å². The monoisotopic (exact) mass is 352 g/mol. The molecule has 2 amide bonds. The molecule has 7 heteroatoms. The zero-order valence-corrected chi connectivity index (χ0v) is 15.5. The summed E-state index contributed by atoms with van der Waals surface area (Å²) in [6, 6.07) is 6.85. The lowest BCUT2D eigenvalue weighted by atomic mass is 10.2. The first kappa shape index (κ1) is 20.0. The van der Waals surface area contributed by atoms with Crippen LogP contribution >= 0.6 is 11.8 Å². The Balaban J connectivity index is 2.77. The smallest absolute Gasteiger partial charge is 0.340 e. The second kappa shape index (κ2) is 9.32. The van der Waals surface area contributed by atoms with E-state index >= 15 is 0 Å². The van der Waals surface area contributed by atoms with Crippen LogP contribution in [-0.4, -0.2) is 54.7 Å². The number of esters is 1. The maximum Gasteiger partial charge on any atom is 0.340 e. The molecule has 1 aromatic carbocycles. The molecule has 0 bridgehead atoms. The van der Waals surface area contributed by atoms with E-state index < -0.39 is 12.1 Å². The molecule has 1 rings (SSSR count). The van der Waals surface area contributed by atoms with Crippen molar-refractivity contribution in [2.75, 3.05) is 19.8 Å². The van der Waals surface area contributed by atoms with Crippen LogP contribution in [0.15, 0.2) is 29.2 Å². The first-order valence-electron chi connectivity index (χ1n) is 7.65. The van der Waals surface area contributed by atoms with Crippen LogP contribution < -0.4 is 5.32 Å². The Morgan fingerprint density at radius 1 is 1.17 bits per heavy atom. The zero-order valence-electron chi connectivity index (χ0n) is 14.7. The third-order valence-corrected chi connectivity index (χ3v) is 4.10. The van der Waals surface area contributed by atoms with Crippen molar-refractivity contribution in [1.29, 1.82) is 0 Å². The van der Waals surface area contributed by atoms with E-state index in [2.05, 4.69) is 5.32 Å². The molecule has 0 heterocycles. The van der Waals surface area contributed by atoms with Gasteiger partial charge in [-0.3, -0.25) is 9.59 Å². The number of carbonyl (C=O) groups excluding carboxylic acids is 3. The fourth-order valence-corrected chi connectivity index (χ4v) is 2.73. The van der Waals surface area contributed by atoms with Gasteiger partial charge in [-0.25, -0.2) is 4.79 Å². The predicted molar refractivity (Wildman–Crippen MR) is 94.0 cm³/mol. The van der Waals surface area contributed by atoms with Crippen molar-refractivity contribution in [3.05, 3.63) is 29.8 Å². The number of nitrogens with one attached hydrogen (secondary N) is 1. The second-order valence-electron chi connectivity index (χ2n) is 5.78. The predicted octanol–water partition coefficient (Wildman–Crippen LogP) is 1.94. The number of hydrogen-bond donors (Lipinski definition) is 1. The van der Waals surface area contributed by atoms with Crippen molar-refractivity contribution in [3.8, 4) is 0 Å². The summed E-state index contributed by atoms with van der Waals surface area (Å²) in [6.45, 7) is 5.20. The molecule has 0 aliphatic rings. The molecule has 1 atom stereocenters. The highest BCUT2D eigenvalue weighted by atomic mass is 32.2. The van der Waals surface area contributed by atoms with Crippen LogP contribution in [0.4, 0.5) is 0 Å². The molecule has 0 aliphatic carbocycles. The van der Waals surface area contributed by atoms with Crippen LogP contribution in [0.2, 0.25) is 0 Å². The van der Waals surface area contributed by atoms with Gasteiger partial charge in [0.25, 0.3) is 5.91 Å². The van der Waals surface area contributed by atoms with Gasteiger partial charge in [0, 0.05) is 25.0 Å². The number of rotatable bonds is 7. The molecule has 0 aromatic heterocycles. The van der Waals surface area contributed by atoms with Crippen LogP contribution in [0.1, 0.15) is 31.1 Å². The van der Waals surface area contributed by atoms with E-state index in [0.717, 1.165) is 0 Å². The molecule has 1 N–H and O–H groups in total. The van der Waals surface area contributed by atoms with E-state index in [4.69, 9.17) is 4.74 Å². The highest BCUT2D eigenvalue weighted by Crippen LogP contribution is 2.24. The van der Waals surface area contributed by atoms with Crippen LogP contribution in [0, 0.1) is 0 Å². The van der Waals surface area contributed by atoms with Gasteiger partial charge in [-0.15, -0.1) is 11.8 Å². The average Bonchev–Trinajstić information content (AvgIpc) is 2.51. The Morgan fingerprint density at radius 2 is 1.79 bits per heavy atom. The molecule has 0 spiro atoms. The van der Waals surface area contributed by atoms with E-state index in [1.807, 2.05) is 13.8 Å². The van der Waals surface area contributed by atoms with Crippen LogP contribution in [-0.2, 0) is 14.3 Å². The lowest BCUT2D eigenvalue weighted by Gasteiger charge is -2.16. The van der Waals surface area contributed by atoms with Gasteiger partial charge in [0.2, 0.25) is 5.91 Å². The quantitative estimate of drug-likeness (QED) is 0.599. The van der Waals surface area contributed by atoms with Crippen molar-refractivity contribution < 1.29 is 19.1 Å². The van der Waals surface area contributed by atoms with Crippen molar-refractivity contribution in [2.24, 2.45) is 0 Å². The lowest BCUT2D eigenvalue weighted by Crippen LogP contribution is -2.39. The molecule has 6 nitrogen and oxygen atoms in total. The molecule has 132 valence electrons. The van der Waals surface area contributed by atoms with E-state index in [9.17, 15) is 14.4 Å². The number of thioether (sulfide) groups is 1. The fourth-order valence-electron chi connectivity index (χ4n) is 1.71. The first-order valence-corrected chi connectivity index (χ1v) is 8.64. The van der Waals surface area contributed by atoms with Crippen molar-refractivity contribution in [3.63, 3.8) is 0 Å². The largest absolute Gasteiger partial charge is 0.449 e. The number of ether oxygens (including phenoxy) is 1. The van der Waals surface area contributed by atoms with Crippen LogP contribution in [0.5, 0.6) is 0 Å². The number of amides is 2. The molecule has 0 saturated carbocycles. The normalized spacial score (nSPS) is 11.8. The van der Waals surface area contributed by atoms with Crippen molar-refractivity contribution in [2.45, 2.75) is 37.8 Å². The zero-order chi connectivity index (χ0) is 18.3. The fraction of sp³-hybridized carbons (Fsp3) is 0.471. The van der Waals surface area contributed by atoms with E-state index in [-0.39, 0.29) is 23.6 Å². The number of nitrogens with zero attached hydrogens (tertiary/aromatic N) is 1. The number of hydrogen-bond acceptors (Lipinski definition) is 5. The van der Waals surface area contributed by atoms with E-state index in [0.29, 0.717) is 10.5 Å². The molecule has 0 aliphatic heterocycles. The summed E-state index contributed by atoms with van der Waals surface area (Å²) in [6.07, 6.45) is -0.888. The lowest BCUT2D eigenvalue weighted by molar-refractivity contribution is -0.129. The summed E-state index contributed by atoms with van der Waals surface area (Å²) < 4.78 is 5.23. The maximum atomic E-state index is 12.3. The Morgan fingerprint density at radius 3 is 2.38 bits per heavy atom. The SMILES string of the molecule is CC(C)NC(=O)C(C)OC(=O)c1ccccc1SCC(=O)N(C)C. The number of carbonyl (C=O) groups is 3. The molecule has 0 fully saturated rings. The maximum absolute atomic E-state index is 12.3. The Hall–Kier alpha value is -2.02. The summed E-state index contributed by atoms with van der Waals surface area (Å²) in [5.74, 6) is -0.748. The molecule has 1 unspecified atom stereocenters. The van der Waals surface area contributed by atoms with Crippen molar-refractivity contribution >= 4 is 29.5 Å². The second-order valence-corrected chi connectivity index (χ2v) is 6.80. The van der Waals surface area contributed by atoms with Crippen LogP contribution in [0.25, 0.3) is 0 Å². The first-order chi connectivity index (χ1) is 11.2. The molecular formula is C17H24N2O4S. The minimum Gasteiger partial charge on any atom is -0.449 e. The Kier molecular flexibility index (Phi) is 7.78. The van der Waals surface area contributed by atoms with Gasteiger partial charge in [-0.2, -0.15) is 0 Å². The van der Waals surface area contributed by atoms with Gasteiger partial charge in [0.05, 0.1) is 11.3 Å². The van der Waals surface area contributed by atoms with E-state index in [1.54, 1.807) is 38.4 Å². The Labute approximate surface area is 146 Å². The average molecular weight is 352 g/mol. The standard InChI is InChI=1S/C17H24N2O4S/c1-11(2)18-16(21)12(3)23-17(22)13-8-6-7-9-14(13)24-10-15(20)19(4)5/h6-9,11-12H,10H2,1-5H3,(H,18,21). The van der Waals surface area contributed by atoms with Gasteiger partial charge < -0.3 is 15.0 Å². The third-order valence-electron chi connectivity index (χ3n) is 3.04. The third kappa shape index (κ3) is 6.23. The van der Waals surface area contributed by atoms with Gasteiger partial charge in [-0.05, 0) is 32.9 Å². The number of benzene rings is 1. The highest BCUT2D eigenvalue weighted by molar-refractivity contribution is 8.00. The van der Waals surface area contributed by atoms with Gasteiger partial charge in [-0.1, -0.05) is 12.1 Å². The van der Waals surface area contributed by atoms with Gasteiger partial charge in [0.1, 0.15) is 0 Å². The molecular weight excluding hydrogens is 328 g/mol. The minimum atomic E-state index is -0.888. The summed E-state index contributed by atoms with van der Waals surface area (Å²) in [5, 5.41) is 2.69. The molecule has 24 heavy (non-hydrogen) atoms. The van der Waals surface area contributed by atoms with Gasteiger partial charge in [0.15, 0.2) is 6.10 Å². The van der Waals surface area contributed by atoms with Crippen LogP contribution in [0.3, 0.4) is 0 Å². The molecule has 0 radical (unpaired) electrons. The highest BCUT2D eigenvalue weighted by Gasteiger charge is 2.21. The topological polar surface area (TPSA) is 75.7 Å². The van der Waals surface area contributed by atoms with Gasteiger partial charge >= 0.3 is 5.97 Å². The Bertz CT molecular complexity index is 602. The minimum absolute atomic E-state index is 0.0291. The molecule has 1 aromatic rings. The summed E-state index contributed by atoms with van der Waals surface area (Å²) in [4.78, 5) is 38.0. The summed E-state index contributed by atoms with van der Waals surface area (Å²) in [5.41, 5.74) is 0.346. The van der Waals surface area contributed by atoms with Crippen molar-refractivity contribution in [1.82, 2.24) is 10.2 Å². The molecule has 0 saturated heterocycles.